The molecular weight excluding hydrogens is 543 g/mol. The second kappa shape index (κ2) is 12.4. The Balaban J connectivity index is 0.00000432. The Kier molecular flexibility index (Phi) is 10.4. The molecule has 0 saturated carbocycles. The van der Waals surface area contributed by atoms with Gasteiger partial charge in [-0.3, -0.25) is 4.52 Å². The van der Waals surface area contributed by atoms with Crippen LogP contribution < -0.4 is 15.8 Å². The molecule has 2 heterocycles. The van der Waals surface area contributed by atoms with Crippen LogP contribution in [0.1, 0.15) is 20.8 Å². The Morgan fingerprint density at radius 3 is 2.51 bits per heavy atom. The Hall–Kier alpha value is -1.89. The first kappa shape index (κ1) is 29.3. The number of nitrogens with zero attached hydrogens (tertiary/aromatic N) is 3. The lowest BCUT2D eigenvalue weighted by molar-refractivity contribution is 0.106. The van der Waals surface area contributed by atoms with E-state index in [0.29, 0.717) is 15.6 Å². The normalized spacial score (nSPS) is 13.3. The maximum atomic E-state index is 14.7. The summed E-state index contributed by atoms with van der Waals surface area (Å²) in [6.45, 7) is 5.14. The zero-order chi connectivity index (χ0) is 25.0. The molecule has 192 valence electrons. The van der Waals surface area contributed by atoms with Gasteiger partial charge in [-0.05, 0) is 39.0 Å². The Labute approximate surface area is 216 Å². The fourth-order valence-corrected chi connectivity index (χ4v) is 4.52. The van der Waals surface area contributed by atoms with E-state index < -0.39 is 25.8 Å². The lowest BCUT2D eigenvalue weighted by Crippen LogP contribution is -2.39. The van der Waals surface area contributed by atoms with Gasteiger partial charge in [-0.1, -0.05) is 22.9 Å². The van der Waals surface area contributed by atoms with Gasteiger partial charge in [0.15, 0.2) is 11.6 Å². The van der Waals surface area contributed by atoms with Crippen molar-refractivity contribution in [3.05, 3.63) is 41.3 Å². The third-order valence-electron chi connectivity index (χ3n) is 4.46. The third kappa shape index (κ3) is 8.33. The van der Waals surface area contributed by atoms with Crippen molar-refractivity contribution < 1.29 is 28.0 Å². The molecule has 0 amide bonds. The molecule has 0 radical (unpaired) electrons. The van der Waals surface area contributed by atoms with Crippen LogP contribution in [0.15, 0.2) is 30.5 Å². The van der Waals surface area contributed by atoms with Gasteiger partial charge in [0, 0.05) is 29.4 Å². The number of phosphoric ester groups is 1. The molecule has 5 N–H and O–H groups in total. The number of hydrogen-bond donors (Lipinski definition) is 4. The Bertz CT molecular complexity index is 1180. The van der Waals surface area contributed by atoms with Gasteiger partial charge in [0.1, 0.15) is 22.4 Å². The van der Waals surface area contributed by atoms with Crippen molar-refractivity contribution in [2.24, 2.45) is 5.73 Å². The second-order valence-electron chi connectivity index (χ2n) is 7.68. The average Bonchev–Trinajstić information content (AvgIpc) is 3.22. The van der Waals surface area contributed by atoms with E-state index in [2.05, 4.69) is 25.0 Å². The minimum Gasteiger partial charge on any atom is -0.489 e. The van der Waals surface area contributed by atoms with Crippen molar-refractivity contribution >= 4 is 49.0 Å². The third-order valence-corrected chi connectivity index (χ3v) is 6.39. The molecule has 0 aliphatic rings. The van der Waals surface area contributed by atoms with Crippen molar-refractivity contribution in [1.29, 1.82) is 0 Å². The minimum atomic E-state index is -4.71. The minimum absolute atomic E-state index is 0. The summed E-state index contributed by atoms with van der Waals surface area (Å²) in [6.07, 6.45) is 0.650. The highest BCUT2D eigenvalue weighted by molar-refractivity contribution is 7.46. The van der Waals surface area contributed by atoms with Gasteiger partial charge in [-0.15, -0.1) is 22.6 Å². The van der Waals surface area contributed by atoms with Crippen LogP contribution in [0.4, 0.5) is 10.2 Å². The summed E-state index contributed by atoms with van der Waals surface area (Å²) in [5, 5.41) is 12.7. The van der Waals surface area contributed by atoms with Crippen molar-refractivity contribution in [2.45, 2.75) is 39.0 Å². The summed E-state index contributed by atoms with van der Waals surface area (Å²) >= 11 is 7.57. The molecule has 35 heavy (non-hydrogen) atoms. The number of hydrogen-bond acceptors (Lipinski definition) is 9. The standard InChI is InChI=1S/C20H24ClFN5O5PS.ClH/c1-10(2)25-18-5-4-12(8-24-18)19-26-27-20(34-19)13-6-15(22)17(7-14(13)21)31-9-16(23)11(3)32-33(28,29)30;/h4-8,10-11,16H,9,23H2,1-3H3,(H,24,25)(H2,28,29,30);1H/t11-,16+;/m0./s1. The smallest absolute Gasteiger partial charge is 0.469 e. The maximum Gasteiger partial charge on any atom is 0.469 e. The molecule has 0 bridgehead atoms. The van der Waals surface area contributed by atoms with Crippen molar-refractivity contribution in [3.8, 4) is 26.9 Å². The van der Waals surface area contributed by atoms with Crippen molar-refractivity contribution in [1.82, 2.24) is 15.2 Å². The first-order valence-electron chi connectivity index (χ1n) is 10.1. The molecule has 0 saturated heterocycles. The predicted molar refractivity (Wildman–Crippen MR) is 136 cm³/mol. The SMILES string of the molecule is CC(C)Nc1ccc(-c2nnc(-c3cc(F)c(OC[C@@H](N)[C@H](C)OP(=O)(O)O)cc3Cl)s2)cn1.Cl. The number of phosphoric acid groups is 1. The molecular formula is C20H25Cl2FN5O5PS. The van der Waals surface area contributed by atoms with Crippen LogP contribution in [0.5, 0.6) is 5.75 Å². The van der Waals surface area contributed by atoms with E-state index in [1.807, 2.05) is 26.0 Å². The molecule has 15 heteroatoms. The largest absolute Gasteiger partial charge is 0.489 e. The number of nitrogens with two attached hydrogens (primary N) is 1. The van der Waals surface area contributed by atoms with E-state index in [-0.39, 0.29) is 35.8 Å². The fraction of sp³-hybridized carbons (Fsp3) is 0.350. The highest BCUT2D eigenvalue weighted by Crippen LogP contribution is 2.39. The van der Waals surface area contributed by atoms with Crippen LogP contribution in [0.2, 0.25) is 5.02 Å². The second-order valence-corrected chi connectivity index (χ2v) is 10.3. The van der Waals surface area contributed by atoms with Crippen LogP contribution in [0, 0.1) is 5.82 Å². The zero-order valence-electron chi connectivity index (χ0n) is 18.9. The number of nitrogens with one attached hydrogen (secondary N) is 1. The zero-order valence-corrected chi connectivity index (χ0v) is 22.2. The van der Waals surface area contributed by atoms with E-state index in [1.54, 1.807) is 6.20 Å². The van der Waals surface area contributed by atoms with E-state index in [4.69, 9.17) is 31.9 Å². The fourth-order valence-electron chi connectivity index (χ4n) is 2.77. The average molecular weight is 568 g/mol. The molecule has 0 fully saturated rings. The van der Waals surface area contributed by atoms with Crippen LogP contribution in [-0.4, -0.2) is 49.8 Å². The highest BCUT2D eigenvalue weighted by Gasteiger charge is 2.25. The number of halogens is 3. The molecule has 10 nitrogen and oxygen atoms in total. The van der Waals surface area contributed by atoms with Crippen molar-refractivity contribution in [3.63, 3.8) is 0 Å². The number of benzene rings is 1. The Morgan fingerprint density at radius 1 is 1.23 bits per heavy atom. The van der Waals surface area contributed by atoms with Gasteiger partial charge < -0.3 is 25.6 Å². The summed E-state index contributed by atoms with van der Waals surface area (Å²) in [5.41, 5.74) is 6.89. The van der Waals surface area contributed by atoms with E-state index in [1.165, 1.54) is 30.4 Å². The molecule has 0 aliphatic heterocycles. The first-order valence-corrected chi connectivity index (χ1v) is 12.8. The van der Waals surface area contributed by atoms with Gasteiger partial charge in [0.25, 0.3) is 0 Å². The van der Waals surface area contributed by atoms with Crippen LogP contribution in [-0.2, 0) is 9.09 Å². The van der Waals surface area contributed by atoms with E-state index in [9.17, 15) is 8.96 Å². The summed E-state index contributed by atoms with van der Waals surface area (Å²) < 4.78 is 35.5. The molecule has 3 rings (SSSR count). The summed E-state index contributed by atoms with van der Waals surface area (Å²) in [6, 6.07) is 5.49. The predicted octanol–water partition coefficient (Wildman–Crippen LogP) is 4.51. The molecule has 1 aromatic carbocycles. The van der Waals surface area contributed by atoms with Gasteiger partial charge in [0.05, 0.1) is 17.2 Å². The van der Waals surface area contributed by atoms with Gasteiger partial charge in [-0.2, -0.15) is 0 Å². The van der Waals surface area contributed by atoms with Crippen molar-refractivity contribution in [2.75, 3.05) is 11.9 Å². The highest BCUT2D eigenvalue weighted by atomic mass is 35.5. The first-order chi connectivity index (χ1) is 15.9. The number of rotatable bonds is 10. The quantitative estimate of drug-likeness (QED) is 0.257. The van der Waals surface area contributed by atoms with Crippen LogP contribution in [0.25, 0.3) is 21.1 Å². The van der Waals surface area contributed by atoms with Crippen LogP contribution in [0.3, 0.4) is 0 Å². The van der Waals surface area contributed by atoms with E-state index in [0.717, 1.165) is 11.4 Å². The topological polar surface area (TPSA) is 153 Å². The van der Waals surface area contributed by atoms with Gasteiger partial charge in [0.2, 0.25) is 0 Å². The van der Waals surface area contributed by atoms with E-state index >= 15 is 0 Å². The molecule has 0 spiro atoms. The van der Waals surface area contributed by atoms with Gasteiger partial charge >= 0.3 is 7.82 Å². The number of pyridine rings is 1. The lowest BCUT2D eigenvalue weighted by atomic mass is 10.2. The number of ether oxygens (including phenoxy) is 1. The lowest BCUT2D eigenvalue weighted by Gasteiger charge is -2.21. The summed E-state index contributed by atoms with van der Waals surface area (Å²) in [5.74, 6) is -0.140. The summed E-state index contributed by atoms with van der Waals surface area (Å²) in [7, 11) is -4.71. The van der Waals surface area contributed by atoms with Crippen LogP contribution >= 0.6 is 43.2 Å². The number of aromatic nitrogens is 3. The molecule has 0 unspecified atom stereocenters. The Morgan fingerprint density at radius 2 is 1.91 bits per heavy atom. The number of anilines is 1. The van der Waals surface area contributed by atoms with Gasteiger partial charge in [-0.25, -0.2) is 13.9 Å². The summed E-state index contributed by atoms with van der Waals surface area (Å²) in [4.78, 5) is 22.1. The maximum absolute atomic E-state index is 14.7. The molecule has 2 aromatic heterocycles. The molecule has 3 aromatic rings. The molecule has 0 aliphatic carbocycles. The monoisotopic (exact) mass is 567 g/mol. The molecule has 2 atom stereocenters.